The van der Waals surface area contributed by atoms with Crippen molar-refractivity contribution in [2.75, 3.05) is 19.6 Å². The van der Waals surface area contributed by atoms with Crippen molar-refractivity contribution < 1.29 is 22.8 Å². The van der Waals surface area contributed by atoms with Gasteiger partial charge in [-0.05, 0) is 50.7 Å². The highest BCUT2D eigenvalue weighted by molar-refractivity contribution is 7.12. The summed E-state index contributed by atoms with van der Waals surface area (Å²) in [6.45, 7) is 1.60. The number of nitrogens with zero attached hydrogens (tertiary/aromatic N) is 4. The summed E-state index contributed by atoms with van der Waals surface area (Å²) < 4.78 is 38.6. The molecule has 2 fully saturated rings. The Bertz CT molecular complexity index is 713. The molecule has 1 unspecified atom stereocenters. The first-order valence-corrected chi connectivity index (χ1v) is 9.86. The van der Waals surface area contributed by atoms with Crippen LogP contribution in [-0.2, 0) is 6.18 Å². The largest absolute Gasteiger partial charge is 0.425 e. The normalized spacial score (nSPS) is 21.7. The lowest BCUT2D eigenvalue weighted by molar-refractivity contribution is -0.134. The monoisotopic (exact) mass is 402 g/mol. The Hall–Kier alpha value is -1.97. The van der Waals surface area contributed by atoms with Gasteiger partial charge in [0.15, 0.2) is 0 Å². The molecule has 2 saturated heterocycles. The number of azo groups is 1. The highest BCUT2D eigenvalue weighted by Gasteiger charge is 2.35. The summed E-state index contributed by atoms with van der Waals surface area (Å²) in [4.78, 5) is 27.2. The number of halogens is 3. The highest BCUT2D eigenvalue weighted by atomic mass is 32.1. The van der Waals surface area contributed by atoms with Gasteiger partial charge in [0.1, 0.15) is 4.88 Å². The maximum Gasteiger partial charge on any atom is 0.425 e. The molecule has 0 aliphatic carbocycles. The van der Waals surface area contributed by atoms with Crippen molar-refractivity contribution in [3.8, 4) is 0 Å². The fourth-order valence-corrected chi connectivity index (χ4v) is 4.45. The lowest BCUT2D eigenvalue weighted by atomic mass is 10.0. The molecule has 1 atom stereocenters. The highest BCUT2D eigenvalue weighted by Crippen LogP contribution is 2.40. The second-order valence-corrected chi connectivity index (χ2v) is 7.83. The van der Waals surface area contributed by atoms with E-state index in [9.17, 15) is 22.8 Å². The summed E-state index contributed by atoms with van der Waals surface area (Å²) in [5.41, 5.74) is 0. The van der Waals surface area contributed by atoms with Crippen molar-refractivity contribution in [3.63, 3.8) is 0 Å². The molecule has 2 aliphatic heterocycles. The van der Waals surface area contributed by atoms with E-state index in [4.69, 9.17) is 0 Å². The number of rotatable bonds is 1. The molecule has 0 N–H and O–H groups in total. The number of piperidine rings is 2. The van der Waals surface area contributed by atoms with E-state index in [0.717, 1.165) is 38.2 Å². The van der Waals surface area contributed by atoms with Gasteiger partial charge in [0.05, 0.1) is 6.04 Å². The molecule has 1 aromatic heterocycles. The van der Waals surface area contributed by atoms with Crippen molar-refractivity contribution >= 4 is 23.4 Å². The zero-order valence-electron chi connectivity index (χ0n) is 14.7. The van der Waals surface area contributed by atoms with E-state index in [2.05, 4.69) is 10.2 Å². The van der Waals surface area contributed by atoms with Crippen LogP contribution in [0.25, 0.3) is 0 Å². The molecular weight excluding hydrogens is 381 g/mol. The Labute approximate surface area is 159 Å². The van der Waals surface area contributed by atoms with Crippen molar-refractivity contribution in [1.29, 1.82) is 0 Å². The van der Waals surface area contributed by atoms with Gasteiger partial charge in [-0.1, -0.05) is 10.2 Å². The van der Waals surface area contributed by atoms with Gasteiger partial charge in [-0.3, -0.25) is 0 Å². The van der Waals surface area contributed by atoms with Crippen LogP contribution in [0.4, 0.5) is 22.8 Å². The third-order valence-electron chi connectivity index (χ3n) is 4.83. The van der Waals surface area contributed by atoms with Crippen LogP contribution in [0.15, 0.2) is 22.4 Å². The molecule has 1 aromatic rings. The number of urea groups is 2. The van der Waals surface area contributed by atoms with Crippen molar-refractivity contribution in [2.45, 2.75) is 50.7 Å². The Balaban J connectivity index is 1.69. The molecule has 3 heterocycles. The second-order valence-electron chi connectivity index (χ2n) is 6.72. The van der Waals surface area contributed by atoms with Crippen molar-refractivity contribution in [2.24, 2.45) is 10.2 Å². The fraction of sp³-hybridized carbons (Fsp3) is 0.647. The maximum atomic E-state index is 12.9. The quantitative estimate of drug-likeness (QED) is 0.585. The van der Waals surface area contributed by atoms with Gasteiger partial charge < -0.3 is 9.80 Å². The molecule has 0 bridgehead atoms. The number of carbonyl (C=O) groups excluding carboxylic acids is 2. The molecule has 6 nitrogen and oxygen atoms in total. The van der Waals surface area contributed by atoms with E-state index in [1.54, 1.807) is 4.90 Å². The topological polar surface area (TPSA) is 65.3 Å². The predicted molar refractivity (Wildman–Crippen MR) is 93.7 cm³/mol. The smallest absolute Gasteiger partial charge is 0.322 e. The first-order valence-electron chi connectivity index (χ1n) is 9.04. The Morgan fingerprint density at radius 3 is 2.30 bits per heavy atom. The minimum absolute atomic E-state index is 0.389. The summed E-state index contributed by atoms with van der Waals surface area (Å²) >= 11 is 0.648. The molecule has 2 aliphatic rings. The van der Waals surface area contributed by atoms with Crippen molar-refractivity contribution in [3.05, 3.63) is 21.9 Å². The number of likely N-dealkylation sites (tertiary alicyclic amines) is 2. The molecule has 10 heteroatoms. The van der Waals surface area contributed by atoms with Gasteiger partial charge in [-0.15, -0.1) is 11.3 Å². The van der Waals surface area contributed by atoms with Crippen LogP contribution in [0.2, 0.25) is 0 Å². The molecule has 4 amide bonds. The van der Waals surface area contributed by atoms with E-state index in [-0.39, 0.29) is 0 Å². The molecule has 3 rings (SSSR count). The number of amides is 4. The molecule has 0 saturated carbocycles. The van der Waals surface area contributed by atoms with Crippen LogP contribution in [0.5, 0.6) is 0 Å². The average Bonchev–Trinajstić information content (AvgIpc) is 3.17. The van der Waals surface area contributed by atoms with Crippen LogP contribution in [0.3, 0.4) is 0 Å². The standard InChI is InChI=1S/C17H21F3N4O2S/c18-17(19,20)14-8-7-13(27-14)12-6-2-5-11-24(12)16(26)22-21-15(25)23-9-3-1-4-10-23/h7-8,12H,1-6,9-11H2. The Morgan fingerprint density at radius 2 is 1.63 bits per heavy atom. The number of alkyl halides is 3. The first-order chi connectivity index (χ1) is 12.9. The summed E-state index contributed by atoms with van der Waals surface area (Å²) in [6.07, 6.45) is 0.613. The molecule has 148 valence electrons. The third-order valence-corrected chi connectivity index (χ3v) is 6.06. The Morgan fingerprint density at radius 1 is 0.963 bits per heavy atom. The molecule has 27 heavy (non-hydrogen) atoms. The number of hydrogen-bond donors (Lipinski definition) is 0. The van der Waals surface area contributed by atoms with Crippen LogP contribution in [0.1, 0.15) is 54.3 Å². The average molecular weight is 402 g/mol. The summed E-state index contributed by atoms with van der Waals surface area (Å²) in [7, 11) is 0. The fourth-order valence-electron chi connectivity index (χ4n) is 3.43. The minimum Gasteiger partial charge on any atom is -0.322 e. The molecular formula is C17H21F3N4O2S. The van der Waals surface area contributed by atoms with E-state index in [0.29, 0.717) is 42.3 Å². The van der Waals surface area contributed by atoms with Gasteiger partial charge in [0.25, 0.3) is 0 Å². The zero-order valence-corrected chi connectivity index (χ0v) is 15.6. The first kappa shape index (κ1) is 19.8. The number of hydrogen-bond acceptors (Lipinski definition) is 3. The maximum absolute atomic E-state index is 12.9. The lowest BCUT2D eigenvalue weighted by Crippen LogP contribution is -2.37. The summed E-state index contributed by atoms with van der Waals surface area (Å²) in [5.74, 6) is 0. The summed E-state index contributed by atoms with van der Waals surface area (Å²) in [5, 5.41) is 7.10. The molecule has 0 aromatic carbocycles. The van der Waals surface area contributed by atoms with Crippen LogP contribution < -0.4 is 0 Å². The molecule has 0 spiro atoms. The third kappa shape index (κ3) is 4.85. The van der Waals surface area contributed by atoms with Gasteiger partial charge in [-0.2, -0.15) is 13.2 Å². The second kappa shape index (κ2) is 8.37. The van der Waals surface area contributed by atoms with Crippen LogP contribution >= 0.6 is 11.3 Å². The molecule has 0 radical (unpaired) electrons. The van der Waals surface area contributed by atoms with E-state index < -0.39 is 29.2 Å². The van der Waals surface area contributed by atoms with Gasteiger partial charge in [-0.25, -0.2) is 9.59 Å². The van der Waals surface area contributed by atoms with Gasteiger partial charge in [0, 0.05) is 24.5 Å². The van der Waals surface area contributed by atoms with E-state index >= 15 is 0 Å². The Kier molecular flexibility index (Phi) is 6.13. The van der Waals surface area contributed by atoms with Crippen molar-refractivity contribution in [1.82, 2.24) is 9.80 Å². The van der Waals surface area contributed by atoms with Gasteiger partial charge in [0.2, 0.25) is 0 Å². The van der Waals surface area contributed by atoms with E-state index in [1.807, 2.05) is 0 Å². The summed E-state index contributed by atoms with van der Waals surface area (Å²) in [6, 6.07) is 0.786. The van der Waals surface area contributed by atoms with E-state index in [1.165, 1.54) is 11.0 Å². The lowest BCUT2D eigenvalue weighted by Gasteiger charge is -2.33. The minimum atomic E-state index is -4.40. The SMILES string of the molecule is O=C(N=NC(=O)N1CCCCC1c1ccc(C(F)(F)F)s1)N1CCCCC1. The van der Waals surface area contributed by atoms with Crippen LogP contribution in [0, 0.1) is 0 Å². The zero-order chi connectivity index (χ0) is 19.4. The number of thiophene rings is 1. The predicted octanol–water partition coefficient (Wildman–Crippen LogP) is 5.47. The number of carbonyl (C=O) groups is 2. The van der Waals surface area contributed by atoms with Gasteiger partial charge >= 0.3 is 18.2 Å². The van der Waals surface area contributed by atoms with Crippen LogP contribution in [-0.4, -0.2) is 41.5 Å².